The Kier molecular flexibility index (Phi) is 4.81. The maximum Gasteiger partial charge on any atom is 0.129 e. The normalized spacial score (nSPS) is 14.3. The van der Waals surface area contributed by atoms with E-state index in [0.29, 0.717) is 0 Å². The van der Waals surface area contributed by atoms with Crippen molar-refractivity contribution in [2.24, 2.45) is 4.99 Å². The van der Waals surface area contributed by atoms with Gasteiger partial charge in [0.05, 0.1) is 6.54 Å². The highest BCUT2D eigenvalue weighted by molar-refractivity contribution is 5.87. The Labute approximate surface area is 137 Å². The fraction of sp³-hybridized carbons (Fsp3) is 0.316. The van der Waals surface area contributed by atoms with Crippen molar-refractivity contribution < 1.29 is 4.74 Å². The van der Waals surface area contributed by atoms with E-state index >= 15 is 0 Å². The predicted octanol–water partition coefficient (Wildman–Crippen LogP) is 3.48. The fourth-order valence-corrected chi connectivity index (χ4v) is 2.92. The summed E-state index contributed by atoms with van der Waals surface area (Å²) < 4.78 is 5.98. The third kappa shape index (κ3) is 3.65. The van der Waals surface area contributed by atoms with Crippen molar-refractivity contribution in [3.63, 3.8) is 0 Å². The van der Waals surface area contributed by atoms with Crippen molar-refractivity contribution in [2.45, 2.75) is 12.8 Å². The lowest BCUT2D eigenvalue weighted by atomic mass is 10.0. The van der Waals surface area contributed by atoms with Gasteiger partial charge in [0.2, 0.25) is 0 Å². The van der Waals surface area contributed by atoms with Gasteiger partial charge in [0.25, 0.3) is 0 Å². The number of hydrogen-bond donors (Lipinski definition) is 1. The first-order valence-corrected chi connectivity index (χ1v) is 8.04. The van der Waals surface area contributed by atoms with E-state index in [1.165, 1.54) is 17.7 Å². The molecule has 0 atom stereocenters. The van der Waals surface area contributed by atoms with E-state index in [9.17, 15) is 0 Å². The molecule has 0 radical (unpaired) electrons. The van der Waals surface area contributed by atoms with Gasteiger partial charge in [-0.3, -0.25) is 4.99 Å². The van der Waals surface area contributed by atoms with Crippen LogP contribution in [0.25, 0.3) is 0 Å². The first-order chi connectivity index (χ1) is 11.3. The number of ether oxygens (including phenoxy) is 1. The number of aliphatic imine (C=N–C) groups is 1. The molecule has 0 unspecified atom stereocenters. The number of hydrogen-bond acceptors (Lipinski definition) is 3. The van der Waals surface area contributed by atoms with Gasteiger partial charge in [0, 0.05) is 32.4 Å². The summed E-state index contributed by atoms with van der Waals surface area (Å²) in [5, 5.41) is 3.16. The number of rotatable bonds is 4. The quantitative estimate of drug-likeness (QED) is 0.694. The van der Waals surface area contributed by atoms with Crippen molar-refractivity contribution in [1.29, 1.82) is 0 Å². The van der Waals surface area contributed by atoms with E-state index in [4.69, 9.17) is 4.74 Å². The minimum absolute atomic E-state index is 0.800. The van der Waals surface area contributed by atoms with Crippen LogP contribution in [0.4, 0.5) is 5.69 Å². The first-order valence-electron chi connectivity index (χ1n) is 8.04. The number of fused-ring (bicyclic) bond motifs is 1. The molecule has 3 rings (SSSR count). The summed E-state index contributed by atoms with van der Waals surface area (Å²) in [5.74, 6) is 2.73. The second-order valence-corrected chi connectivity index (χ2v) is 5.65. The number of amidine groups is 1. The molecule has 0 spiro atoms. The van der Waals surface area contributed by atoms with Crippen LogP contribution in [0.15, 0.2) is 53.5 Å². The fourth-order valence-electron chi connectivity index (χ4n) is 2.92. The van der Waals surface area contributed by atoms with E-state index in [0.717, 1.165) is 36.8 Å². The Bertz CT molecular complexity index is 682. The molecule has 2 aromatic rings. The average Bonchev–Trinajstić information content (AvgIpc) is 2.60. The van der Waals surface area contributed by atoms with Gasteiger partial charge < -0.3 is 15.0 Å². The Morgan fingerprint density at radius 2 is 2.00 bits per heavy atom. The Balaban J connectivity index is 1.84. The lowest BCUT2D eigenvalue weighted by Gasteiger charge is -2.32. The van der Waals surface area contributed by atoms with Gasteiger partial charge in [-0.1, -0.05) is 24.3 Å². The standard InChI is InChI=1S/C19H23N3O/c1-20-19(21-2)14-22-12-6-7-15-10-11-17(13-18(15)22)23-16-8-4-3-5-9-16/h3-5,8-11,13H,6-7,12,14H2,1-2H3,(H,20,21). The summed E-state index contributed by atoms with van der Waals surface area (Å²) >= 11 is 0. The van der Waals surface area contributed by atoms with Gasteiger partial charge in [-0.25, -0.2) is 0 Å². The van der Waals surface area contributed by atoms with Gasteiger partial charge in [0.1, 0.15) is 17.3 Å². The molecule has 4 nitrogen and oxygen atoms in total. The SMILES string of the molecule is C/N=C(/CN1CCCc2ccc(Oc3ccccc3)cc21)NC. The maximum atomic E-state index is 5.98. The number of likely N-dealkylation sites (N-methyl/N-ethyl adjacent to an activating group) is 1. The molecule has 0 saturated heterocycles. The molecule has 120 valence electrons. The summed E-state index contributed by atoms with van der Waals surface area (Å²) in [7, 11) is 3.74. The Morgan fingerprint density at radius 3 is 2.74 bits per heavy atom. The van der Waals surface area contributed by atoms with Crippen LogP contribution in [0.3, 0.4) is 0 Å². The molecule has 0 saturated carbocycles. The van der Waals surface area contributed by atoms with E-state index in [1.54, 1.807) is 0 Å². The molecular formula is C19H23N3O. The van der Waals surface area contributed by atoms with Crippen LogP contribution in [-0.2, 0) is 6.42 Å². The smallest absolute Gasteiger partial charge is 0.129 e. The number of anilines is 1. The van der Waals surface area contributed by atoms with Crippen LogP contribution in [0.5, 0.6) is 11.5 Å². The largest absolute Gasteiger partial charge is 0.457 e. The van der Waals surface area contributed by atoms with E-state index in [2.05, 4.69) is 33.4 Å². The molecule has 0 amide bonds. The zero-order chi connectivity index (χ0) is 16.1. The lowest BCUT2D eigenvalue weighted by molar-refractivity contribution is 0.482. The minimum Gasteiger partial charge on any atom is -0.457 e. The van der Waals surface area contributed by atoms with Crippen molar-refractivity contribution in [3.8, 4) is 11.5 Å². The molecular weight excluding hydrogens is 286 g/mol. The maximum absolute atomic E-state index is 5.98. The van der Waals surface area contributed by atoms with Gasteiger partial charge in [0.15, 0.2) is 0 Å². The average molecular weight is 309 g/mol. The molecule has 2 aromatic carbocycles. The molecule has 1 heterocycles. The minimum atomic E-state index is 0.800. The monoisotopic (exact) mass is 309 g/mol. The van der Waals surface area contributed by atoms with Crippen LogP contribution in [-0.4, -0.2) is 33.0 Å². The van der Waals surface area contributed by atoms with Crippen LogP contribution >= 0.6 is 0 Å². The zero-order valence-corrected chi connectivity index (χ0v) is 13.7. The summed E-state index contributed by atoms with van der Waals surface area (Å²) in [6, 6.07) is 16.3. The van der Waals surface area contributed by atoms with E-state index < -0.39 is 0 Å². The number of benzene rings is 2. The first kappa shape index (κ1) is 15.4. The second kappa shape index (κ2) is 7.18. The third-order valence-electron chi connectivity index (χ3n) is 4.15. The second-order valence-electron chi connectivity index (χ2n) is 5.65. The Hall–Kier alpha value is -2.49. The number of nitrogens with zero attached hydrogens (tertiary/aromatic N) is 2. The number of nitrogens with one attached hydrogen (secondary N) is 1. The summed E-state index contributed by atoms with van der Waals surface area (Å²) in [6.07, 6.45) is 2.29. The zero-order valence-electron chi connectivity index (χ0n) is 13.7. The van der Waals surface area contributed by atoms with Gasteiger partial charge in [-0.05, 0) is 36.6 Å². The van der Waals surface area contributed by atoms with Crippen LogP contribution in [0, 0.1) is 0 Å². The third-order valence-corrected chi connectivity index (χ3v) is 4.15. The van der Waals surface area contributed by atoms with Gasteiger partial charge >= 0.3 is 0 Å². The number of aryl methyl sites for hydroxylation is 1. The van der Waals surface area contributed by atoms with Crippen molar-refractivity contribution in [2.75, 3.05) is 32.1 Å². The van der Waals surface area contributed by atoms with Crippen molar-refractivity contribution in [3.05, 3.63) is 54.1 Å². The molecule has 4 heteroatoms. The molecule has 0 bridgehead atoms. The molecule has 0 aliphatic carbocycles. The lowest BCUT2D eigenvalue weighted by Crippen LogP contribution is -2.38. The molecule has 1 aliphatic rings. The molecule has 1 aliphatic heterocycles. The highest BCUT2D eigenvalue weighted by Gasteiger charge is 2.18. The van der Waals surface area contributed by atoms with Gasteiger partial charge in [-0.15, -0.1) is 0 Å². The molecule has 23 heavy (non-hydrogen) atoms. The molecule has 0 fully saturated rings. The highest BCUT2D eigenvalue weighted by Crippen LogP contribution is 2.32. The molecule has 0 aromatic heterocycles. The van der Waals surface area contributed by atoms with Crippen LogP contribution in [0.1, 0.15) is 12.0 Å². The number of para-hydroxylation sites is 1. The van der Waals surface area contributed by atoms with Crippen LogP contribution in [0.2, 0.25) is 0 Å². The summed E-state index contributed by atoms with van der Waals surface area (Å²) in [5.41, 5.74) is 2.63. The van der Waals surface area contributed by atoms with Crippen molar-refractivity contribution in [1.82, 2.24) is 5.32 Å². The predicted molar refractivity (Wildman–Crippen MR) is 95.9 cm³/mol. The van der Waals surface area contributed by atoms with E-state index in [-0.39, 0.29) is 0 Å². The van der Waals surface area contributed by atoms with E-state index in [1.807, 2.05) is 44.4 Å². The highest BCUT2D eigenvalue weighted by atomic mass is 16.5. The van der Waals surface area contributed by atoms with Gasteiger partial charge in [-0.2, -0.15) is 0 Å². The Morgan fingerprint density at radius 1 is 1.17 bits per heavy atom. The van der Waals surface area contributed by atoms with Crippen molar-refractivity contribution >= 4 is 11.5 Å². The molecule has 1 N–H and O–H groups in total. The summed E-state index contributed by atoms with van der Waals surface area (Å²) in [6.45, 7) is 1.84. The summed E-state index contributed by atoms with van der Waals surface area (Å²) in [4.78, 5) is 6.67. The van der Waals surface area contributed by atoms with Crippen LogP contribution < -0.4 is 15.0 Å². The topological polar surface area (TPSA) is 36.9 Å².